The van der Waals surface area contributed by atoms with Gasteiger partial charge in [-0.15, -0.1) is 13.2 Å². The SMILES string of the molecule is CNCC(=O)N1CCCCC1C(=O)NC1=CCC(c2ccccc2OC(F)(F)F)C(Cl)=C1. The van der Waals surface area contributed by atoms with Crippen LogP contribution >= 0.6 is 11.6 Å². The minimum absolute atomic E-state index is 0.139. The minimum Gasteiger partial charge on any atom is -0.405 e. The van der Waals surface area contributed by atoms with Crippen LogP contribution in [0, 0.1) is 0 Å². The van der Waals surface area contributed by atoms with Gasteiger partial charge in [0.25, 0.3) is 0 Å². The molecule has 0 aromatic heterocycles. The van der Waals surface area contributed by atoms with E-state index in [1.807, 2.05) is 0 Å². The number of likely N-dealkylation sites (tertiary alicyclic amines) is 1. The monoisotopic (exact) mass is 471 g/mol. The van der Waals surface area contributed by atoms with Gasteiger partial charge in [-0.25, -0.2) is 0 Å². The molecular weight excluding hydrogens is 447 g/mol. The van der Waals surface area contributed by atoms with Gasteiger partial charge in [-0.2, -0.15) is 0 Å². The third-order valence-corrected chi connectivity index (χ3v) is 5.81. The number of ether oxygens (including phenoxy) is 1. The number of nitrogens with zero attached hydrogens (tertiary/aromatic N) is 1. The number of halogens is 4. The summed E-state index contributed by atoms with van der Waals surface area (Å²) in [4.78, 5) is 26.8. The average Bonchev–Trinajstić information content (AvgIpc) is 2.73. The number of hydrogen-bond donors (Lipinski definition) is 2. The van der Waals surface area contributed by atoms with Crippen molar-refractivity contribution in [2.45, 2.75) is 44.0 Å². The predicted octanol–water partition coefficient (Wildman–Crippen LogP) is 3.80. The van der Waals surface area contributed by atoms with E-state index in [4.69, 9.17) is 11.6 Å². The molecule has 1 saturated heterocycles. The van der Waals surface area contributed by atoms with Crippen molar-refractivity contribution in [2.24, 2.45) is 0 Å². The summed E-state index contributed by atoms with van der Waals surface area (Å²) < 4.78 is 42.4. The van der Waals surface area contributed by atoms with Gasteiger partial charge >= 0.3 is 6.36 Å². The van der Waals surface area contributed by atoms with Crippen molar-refractivity contribution >= 4 is 23.4 Å². The van der Waals surface area contributed by atoms with Crippen LogP contribution in [-0.2, 0) is 9.59 Å². The molecule has 1 aromatic rings. The van der Waals surface area contributed by atoms with Crippen LogP contribution in [0.4, 0.5) is 13.2 Å². The Bertz CT molecular complexity index is 917. The molecule has 2 aliphatic rings. The molecule has 32 heavy (non-hydrogen) atoms. The fourth-order valence-electron chi connectivity index (χ4n) is 4.00. The Labute approximate surface area is 189 Å². The van der Waals surface area contributed by atoms with Gasteiger partial charge in [0.15, 0.2) is 0 Å². The lowest BCUT2D eigenvalue weighted by Gasteiger charge is -2.35. The zero-order valence-electron chi connectivity index (χ0n) is 17.5. The van der Waals surface area contributed by atoms with Crippen molar-refractivity contribution in [1.82, 2.24) is 15.5 Å². The molecule has 3 rings (SSSR count). The number of hydrogen-bond acceptors (Lipinski definition) is 4. The van der Waals surface area contributed by atoms with Crippen LogP contribution in [0.3, 0.4) is 0 Å². The molecule has 2 atom stereocenters. The van der Waals surface area contributed by atoms with Gasteiger partial charge in [0.2, 0.25) is 11.8 Å². The lowest BCUT2D eigenvalue weighted by Crippen LogP contribution is -2.53. The van der Waals surface area contributed by atoms with E-state index >= 15 is 0 Å². The van der Waals surface area contributed by atoms with Gasteiger partial charge < -0.3 is 20.3 Å². The molecule has 10 heteroatoms. The first kappa shape index (κ1) is 24.1. The normalized spacial score (nSPS) is 21.5. The number of nitrogens with one attached hydrogen (secondary N) is 2. The topological polar surface area (TPSA) is 70.7 Å². The first-order valence-electron chi connectivity index (χ1n) is 10.4. The predicted molar refractivity (Wildman–Crippen MR) is 114 cm³/mol. The highest BCUT2D eigenvalue weighted by molar-refractivity contribution is 6.30. The van der Waals surface area contributed by atoms with Crippen LogP contribution in [0.5, 0.6) is 5.75 Å². The van der Waals surface area contributed by atoms with Gasteiger partial charge in [0.05, 0.1) is 6.54 Å². The van der Waals surface area contributed by atoms with E-state index in [-0.39, 0.29) is 35.6 Å². The highest BCUT2D eigenvalue weighted by Gasteiger charge is 2.34. The van der Waals surface area contributed by atoms with Crippen LogP contribution in [0.25, 0.3) is 0 Å². The summed E-state index contributed by atoms with van der Waals surface area (Å²) in [7, 11) is 1.67. The standard InChI is InChI=1S/C22H25ClF3N3O3/c1-27-13-20(30)29-11-5-4-7-18(29)21(31)28-14-9-10-15(17(23)12-14)16-6-2-3-8-19(16)32-22(24,25)26/h2-3,6,8-9,12,15,18,27H,4-5,7,10-11,13H2,1H3,(H,28,31). The lowest BCUT2D eigenvalue weighted by molar-refractivity contribution is -0.274. The summed E-state index contributed by atoms with van der Waals surface area (Å²) in [6.45, 7) is 0.672. The van der Waals surface area contributed by atoms with Crippen LogP contribution < -0.4 is 15.4 Å². The van der Waals surface area contributed by atoms with Crippen LogP contribution in [0.2, 0.25) is 0 Å². The Hall–Kier alpha value is -2.52. The molecule has 1 aliphatic carbocycles. The summed E-state index contributed by atoms with van der Waals surface area (Å²) >= 11 is 6.40. The van der Waals surface area contributed by atoms with E-state index in [9.17, 15) is 22.8 Å². The Morgan fingerprint density at radius 2 is 2.00 bits per heavy atom. The van der Waals surface area contributed by atoms with Crippen molar-refractivity contribution < 1.29 is 27.5 Å². The van der Waals surface area contributed by atoms with Crippen molar-refractivity contribution in [3.05, 3.63) is 52.7 Å². The van der Waals surface area contributed by atoms with E-state index in [2.05, 4.69) is 15.4 Å². The summed E-state index contributed by atoms with van der Waals surface area (Å²) in [6, 6.07) is 5.28. The smallest absolute Gasteiger partial charge is 0.405 e. The number of carbonyl (C=O) groups is 2. The van der Waals surface area contributed by atoms with Crippen molar-refractivity contribution in [3.63, 3.8) is 0 Å². The number of benzene rings is 1. The van der Waals surface area contributed by atoms with E-state index in [0.717, 1.165) is 12.8 Å². The van der Waals surface area contributed by atoms with Crippen molar-refractivity contribution in [2.75, 3.05) is 20.1 Å². The Kier molecular flexibility index (Phi) is 7.84. The molecule has 174 valence electrons. The number of allylic oxidation sites excluding steroid dienone is 3. The molecule has 1 fully saturated rings. The van der Waals surface area contributed by atoms with Crippen LogP contribution in [0.1, 0.15) is 37.2 Å². The third kappa shape index (κ3) is 6.04. The third-order valence-electron chi connectivity index (χ3n) is 5.44. The number of rotatable bonds is 6. The molecule has 0 bridgehead atoms. The van der Waals surface area contributed by atoms with Gasteiger partial charge in [0.1, 0.15) is 11.8 Å². The summed E-state index contributed by atoms with van der Waals surface area (Å²) in [5.74, 6) is -1.28. The van der Waals surface area contributed by atoms with Crippen molar-refractivity contribution in [3.8, 4) is 5.75 Å². The molecule has 2 amide bonds. The maximum absolute atomic E-state index is 12.9. The summed E-state index contributed by atoms with van der Waals surface area (Å²) in [6.07, 6.45) is 0.964. The Morgan fingerprint density at radius 3 is 2.69 bits per heavy atom. The molecule has 1 heterocycles. The molecule has 1 aromatic carbocycles. The van der Waals surface area contributed by atoms with E-state index in [1.165, 1.54) is 24.3 Å². The second-order valence-electron chi connectivity index (χ2n) is 7.68. The molecule has 1 aliphatic heterocycles. The number of amides is 2. The molecule has 2 N–H and O–H groups in total. The largest absolute Gasteiger partial charge is 0.573 e. The lowest BCUT2D eigenvalue weighted by atomic mass is 9.90. The minimum atomic E-state index is -4.81. The Morgan fingerprint density at radius 1 is 1.25 bits per heavy atom. The average molecular weight is 472 g/mol. The molecular formula is C22H25ClF3N3O3. The first-order valence-corrected chi connectivity index (χ1v) is 10.7. The van der Waals surface area contributed by atoms with E-state index < -0.39 is 18.3 Å². The van der Waals surface area contributed by atoms with Crippen LogP contribution in [-0.4, -0.2) is 49.3 Å². The van der Waals surface area contributed by atoms with Gasteiger partial charge in [-0.1, -0.05) is 35.9 Å². The highest BCUT2D eigenvalue weighted by atomic mass is 35.5. The second-order valence-corrected chi connectivity index (χ2v) is 8.12. The Balaban J connectivity index is 1.70. The summed E-state index contributed by atoms with van der Waals surface area (Å²) in [5.41, 5.74) is 0.765. The van der Waals surface area contributed by atoms with Crippen LogP contribution in [0.15, 0.2) is 47.1 Å². The number of piperidine rings is 1. The fourth-order valence-corrected chi connectivity index (χ4v) is 4.32. The van der Waals surface area contributed by atoms with E-state index in [1.54, 1.807) is 24.1 Å². The summed E-state index contributed by atoms with van der Waals surface area (Å²) in [5, 5.41) is 5.90. The fraction of sp³-hybridized carbons (Fsp3) is 0.455. The number of para-hydroxylation sites is 1. The molecule has 0 spiro atoms. The first-order chi connectivity index (χ1) is 15.2. The van der Waals surface area contributed by atoms with Gasteiger partial charge in [0, 0.05) is 28.8 Å². The highest BCUT2D eigenvalue weighted by Crippen LogP contribution is 2.40. The molecule has 2 unspecified atom stereocenters. The number of likely N-dealkylation sites (N-methyl/N-ethyl adjacent to an activating group) is 1. The number of alkyl halides is 3. The molecule has 6 nitrogen and oxygen atoms in total. The quantitative estimate of drug-likeness (QED) is 0.662. The number of carbonyl (C=O) groups excluding carboxylic acids is 2. The maximum Gasteiger partial charge on any atom is 0.573 e. The van der Waals surface area contributed by atoms with Gasteiger partial charge in [-0.05, 0) is 44.9 Å². The zero-order valence-corrected chi connectivity index (χ0v) is 18.3. The maximum atomic E-state index is 12.9. The van der Waals surface area contributed by atoms with Gasteiger partial charge in [-0.3, -0.25) is 9.59 Å². The van der Waals surface area contributed by atoms with Crippen molar-refractivity contribution in [1.29, 1.82) is 0 Å². The molecule has 0 saturated carbocycles. The second kappa shape index (κ2) is 10.4. The zero-order chi connectivity index (χ0) is 23.3. The molecule has 0 radical (unpaired) electrons. The van der Waals surface area contributed by atoms with E-state index in [0.29, 0.717) is 24.2 Å².